The summed E-state index contributed by atoms with van der Waals surface area (Å²) in [5.41, 5.74) is 0. The zero-order valence-corrected chi connectivity index (χ0v) is 14.5. The normalized spacial score (nSPS) is 22.8. The molecule has 2 aliphatic rings. The van der Waals surface area contributed by atoms with Gasteiger partial charge in [-0.25, -0.2) is 0 Å². The summed E-state index contributed by atoms with van der Waals surface area (Å²) in [6.45, 7) is 3.39. The molecule has 0 aromatic carbocycles. The van der Waals surface area contributed by atoms with E-state index < -0.39 is 6.10 Å². The molecular formula is C18H32N2O3. The van der Waals surface area contributed by atoms with Gasteiger partial charge >= 0.3 is 0 Å². The number of β-lactam (4-membered cyclic amide) rings is 1. The molecule has 5 nitrogen and oxygen atoms in total. The fraction of sp³-hybridized carbons (Fsp3) is 0.889. The van der Waals surface area contributed by atoms with Gasteiger partial charge in [-0.2, -0.15) is 0 Å². The predicted molar refractivity (Wildman–Crippen MR) is 89.8 cm³/mol. The highest BCUT2D eigenvalue weighted by Gasteiger charge is 2.47. The molecule has 2 rings (SSSR count). The first-order chi connectivity index (χ1) is 11.2. The van der Waals surface area contributed by atoms with E-state index in [9.17, 15) is 9.59 Å². The smallest absolute Gasteiger partial charge is 0.251 e. The highest BCUT2D eigenvalue weighted by atomic mass is 16.5. The maximum Gasteiger partial charge on any atom is 0.251 e. The number of fused-ring (bicyclic) bond motifs is 1. The lowest BCUT2D eigenvalue weighted by molar-refractivity contribution is -0.158. The molecule has 0 aromatic heterocycles. The van der Waals surface area contributed by atoms with E-state index in [1.807, 2.05) is 0 Å². The topological polar surface area (TPSA) is 58.6 Å². The molecule has 0 unspecified atom stereocenters. The Morgan fingerprint density at radius 2 is 1.70 bits per heavy atom. The molecule has 0 aromatic rings. The number of rotatable bonds is 12. The van der Waals surface area contributed by atoms with Crippen LogP contribution < -0.4 is 5.32 Å². The van der Waals surface area contributed by atoms with Crippen LogP contribution in [0.2, 0.25) is 0 Å². The van der Waals surface area contributed by atoms with Crippen LogP contribution in [0.4, 0.5) is 0 Å². The second kappa shape index (κ2) is 9.91. The Hall–Kier alpha value is -1.10. The van der Waals surface area contributed by atoms with Crippen molar-refractivity contribution in [1.82, 2.24) is 10.2 Å². The molecule has 0 spiro atoms. The minimum absolute atomic E-state index is 0.0666. The first-order valence-electron chi connectivity index (χ1n) is 9.45. The minimum atomic E-state index is -0.463. The number of ether oxygens (including phenoxy) is 1. The van der Waals surface area contributed by atoms with E-state index in [0.717, 1.165) is 6.42 Å². The van der Waals surface area contributed by atoms with E-state index in [1.165, 1.54) is 57.8 Å². The Morgan fingerprint density at radius 1 is 1.09 bits per heavy atom. The third kappa shape index (κ3) is 5.79. The number of hydrogen-bond acceptors (Lipinski definition) is 3. The number of amides is 2. The van der Waals surface area contributed by atoms with Gasteiger partial charge in [0.1, 0.15) is 6.23 Å². The fourth-order valence-electron chi connectivity index (χ4n) is 3.26. The zero-order chi connectivity index (χ0) is 16.5. The summed E-state index contributed by atoms with van der Waals surface area (Å²) in [4.78, 5) is 24.9. The van der Waals surface area contributed by atoms with Gasteiger partial charge in [-0.3, -0.25) is 9.59 Å². The molecule has 5 heteroatoms. The molecule has 2 heterocycles. The largest absolute Gasteiger partial charge is 0.354 e. The summed E-state index contributed by atoms with van der Waals surface area (Å²) in [6.07, 6.45) is 12.8. The van der Waals surface area contributed by atoms with Gasteiger partial charge < -0.3 is 15.0 Å². The van der Waals surface area contributed by atoms with Crippen LogP contribution >= 0.6 is 0 Å². The number of unbranched alkanes of at least 4 members (excludes halogenated alkanes) is 9. The quantitative estimate of drug-likeness (QED) is 0.443. The van der Waals surface area contributed by atoms with Crippen LogP contribution in [0.15, 0.2) is 0 Å². The molecule has 2 aliphatic heterocycles. The average Bonchev–Trinajstić information content (AvgIpc) is 2.89. The molecule has 1 N–H and O–H groups in total. The number of carbonyl (C=O) groups is 2. The van der Waals surface area contributed by atoms with Gasteiger partial charge in [-0.1, -0.05) is 64.7 Å². The van der Waals surface area contributed by atoms with Crippen molar-refractivity contribution in [2.75, 3.05) is 13.1 Å². The highest BCUT2D eigenvalue weighted by molar-refractivity contribution is 5.87. The maximum absolute atomic E-state index is 12.0. The standard InChI is InChI=1S/C18H32N2O3/c1-2-3-4-5-6-7-8-9-10-11-12-19-18(22)15-14-20-16(21)13-17(20)23-15/h15,17H,2-14H2,1H3,(H,19,22)/t15-,17-/m1/s1. The predicted octanol–water partition coefficient (Wildman–Crippen LogP) is 2.98. The van der Waals surface area contributed by atoms with E-state index in [0.29, 0.717) is 19.5 Å². The van der Waals surface area contributed by atoms with E-state index >= 15 is 0 Å². The molecule has 132 valence electrons. The molecule has 2 saturated heterocycles. The Kier molecular flexibility index (Phi) is 7.86. The van der Waals surface area contributed by atoms with E-state index in [1.54, 1.807) is 4.90 Å². The monoisotopic (exact) mass is 324 g/mol. The number of nitrogens with one attached hydrogen (secondary N) is 1. The van der Waals surface area contributed by atoms with Gasteiger partial charge in [0, 0.05) is 6.54 Å². The number of nitrogens with zero attached hydrogens (tertiary/aromatic N) is 1. The number of hydrogen-bond donors (Lipinski definition) is 1. The lowest BCUT2D eigenvalue weighted by Gasteiger charge is -2.31. The minimum Gasteiger partial charge on any atom is -0.354 e. The lowest BCUT2D eigenvalue weighted by atomic mass is 10.1. The van der Waals surface area contributed by atoms with Gasteiger partial charge in [-0.15, -0.1) is 0 Å². The Morgan fingerprint density at radius 3 is 2.26 bits per heavy atom. The molecule has 0 aliphatic carbocycles. The van der Waals surface area contributed by atoms with Crippen LogP contribution in [-0.4, -0.2) is 42.1 Å². The summed E-state index contributed by atoms with van der Waals surface area (Å²) in [7, 11) is 0. The molecule has 2 atom stereocenters. The van der Waals surface area contributed by atoms with Crippen molar-refractivity contribution in [2.45, 2.75) is 89.9 Å². The van der Waals surface area contributed by atoms with E-state index in [2.05, 4.69) is 12.2 Å². The highest BCUT2D eigenvalue weighted by Crippen LogP contribution is 2.28. The zero-order valence-electron chi connectivity index (χ0n) is 14.5. The number of carbonyl (C=O) groups excluding carboxylic acids is 2. The van der Waals surface area contributed by atoms with Gasteiger partial charge in [0.2, 0.25) is 5.91 Å². The van der Waals surface area contributed by atoms with Crippen molar-refractivity contribution in [3.63, 3.8) is 0 Å². The summed E-state index contributed by atoms with van der Waals surface area (Å²) in [5.74, 6) is 0.0307. The third-order valence-electron chi connectivity index (χ3n) is 4.82. The van der Waals surface area contributed by atoms with Crippen molar-refractivity contribution in [3.8, 4) is 0 Å². The van der Waals surface area contributed by atoms with Gasteiger partial charge in [0.15, 0.2) is 6.10 Å². The maximum atomic E-state index is 12.0. The van der Waals surface area contributed by atoms with Crippen molar-refractivity contribution in [1.29, 1.82) is 0 Å². The third-order valence-corrected chi connectivity index (χ3v) is 4.82. The summed E-state index contributed by atoms with van der Waals surface area (Å²) < 4.78 is 5.54. The molecule has 23 heavy (non-hydrogen) atoms. The van der Waals surface area contributed by atoms with Crippen molar-refractivity contribution < 1.29 is 14.3 Å². The van der Waals surface area contributed by atoms with Gasteiger partial charge in [-0.05, 0) is 6.42 Å². The second-order valence-corrected chi connectivity index (χ2v) is 6.80. The van der Waals surface area contributed by atoms with E-state index in [-0.39, 0.29) is 18.0 Å². The van der Waals surface area contributed by atoms with Crippen molar-refractivity contribution in [3.05, 3.63) is 0 Å². The van der Waals surface area contributed by atoms with Crippen LogP contribution in [0.3, 0.4) is 0 Å². The molecule has 0 saturated carbocycles. The summed E-state index contributed by atoms with van der Waals surface area (Å²) >= 11 is 0. The van der Waals surface area contributed by atoms with Gasteiger partial charge in [0.05, 0.1) is 13.0 Å². The average molecular weight is 324 g/mol. The van der Waals surface area contributed by atoms with Crippen LogP contribution in [0, 0.1) is 0 Å². The van der Waals surface area contributed by atoms with Gasteiger partial charge in [0.25, 0.3) is 5.91 Å². The molecule has 2 amide bonds. The van der Waals surface area contributed by atoms with Crippen LogP contribution in [0.25, 0.3) is 0 Å². The van der Waals surface area contributed by atoms with Crippen molar-refractivity contribution in [2.24, 2.45) is 0 Å². The van der Waals surface area contributed by atoms with Crippen LogP contribution in [0.5, 0.6) is 0 Å². The van der Waals surface area contributed by atoms with Crippen LogP contribution in [0.1, 0.15) is 77.6 Å². The Balaban J connectivity index is 1.38. The Labute approximate surface area is 140 Å². The Bertz CT molecular complexity index is 386. The van der Waals surface area contributed by atoms with Crippen LogP contribution in [-0.2, 0) is 14.3 Å². The van der Waals surface area contributed by atoms with Crippen molar-refractivity contribution >= 4 is 11.8 Å². The second-order valence-electron chi connectivity index (χ2n) is 6.80. The first kappa shape index (κ1) is 18.2. The summed E-state index contributed by atoms with van der Waals surface area (Å²) in [5, 5.41) is 2.93. The summed E-state index contributed by atoms with van der Waals surface area (Å²) in [6, 6.07) is 0. The van der Waals surface area contributed by atoms with E-state index in [4.69, 9.17) is 4.74 Å². The SMILES string of the molecule is CCCCCCCCCCCCNC(=O)[C@H]1CN2C(=O)C[C@H]2O1. The first-order valence-corrected chi connectivity index (χ1v) is 9.45. The molecular weight excluding hydrogens is 292 g/mol. The molecule has 0 bridgehead atoms. The fourth-order valence-corrected chi connectivity index (χ4v) is 3.26. The molecule has 0 radical (unpaired) electrons. The lowest BCUT2D eigenvalue weighted by Crippen LogP contribution is -2.48. The molecule has 2 fully saturated rings.